The van der Waals surface area contributed by atoms with Crippen molar-refractivity contribution in [3.05, 3.63) is 41.7 Å². The molecule has 0 saturated carbocycles. The lowest BCUT2D eigenvalue weighted by Crippen LogP contribution is -1.91. The SMILES string of the molecule is CC(=O)c1onc(-c2ccccc2)c1C. The molecule has 0 fully saturated rings. The predicted molar refractivity (Wildman–Crippen MR) is 56.7 cm³/mol. The van der Waals surface area contributed by atoms with Gasteiger partial charge in [0.2, 0.25) is 5.76 Å². The van der Waals surface area contributed by atoms with Crippen LogP contribution in [0.25, 0.3) is 11.3 Å². The van der Waals surface area contributed by atoms with Crippen LogP contribution < -0.4 is 0 Å². The van der Waals surface area contributed by atoms with Gasteiger partial charge in [-0.15, -0.1) is 0 Å². The van der Waals surface area contributed by atoms with Gasteiger partial charge in [-0.2, -0.15) is 0 Å². The van der Waals surface area contributed by atoms with Gasteiger partial charge in [-0.3, -0.25) is 4.79 Å². The molecule has 0 N–H and O–H groups in total. The van der Waals surface area contributed by atoms with Gasteiger partial charge < -0.3 is 4.52 Å². The van der Waals surface area contributed by atoms with E-state index < -0.39 is 0 Å². The summed E-state index contributed by atoms with van der Waals surface area (Å²) < 4.78 is 5.01. The van der Waals surface area contributed by atoms with Crippen molar-refractivity contribution in [1.82, 2.24) is 5.16 Å². The summed E-state index contributed by atoms with van der Waals surface area (Å²) in [6.45, 7) is 3.32. The number of carbonyl (C=O) groups excluding carboxylic acids is 1. The van der Waals surface area contributed by atoms with Gasteiger partial charge in [0.05, 0.1) is 0 Å². The molecule has 0 unspecified atom stereocenters. The number of benzene rings is 1. The van der Waals surface area contributed by atoms with Gasteiger partial charge in [0.15, 0.2) is 5.78 Å². The zero-order valence-electron chi connectivity index (χ0n) is 8.65. The summed E-state index contributed by atoms with van der Waals surface area (Å²) >= 11 is 0. The molecule has 0 spiro atoms. The van der Waals surface area contributed by atoms with Gasteiger partial charge in [0.1, 0.15) is 5.69 Å². The zero-order valence-corrected chi connectivity index (χ0v) is 8.65. The molecular weight excluding hydrogens is 190 g/mol. The van der Waals surface area contributed by atoms with Crippen molar-refractivity contribution >= 4 is 5.78 Å². The normalized spacial score (nSPS) is 10.3. The molecule has 2 aromatic rings. The quantitative estimate of drug-likeness (QED) is 0.701. The second-order valence-corrected chi connectivity index (χ2v) is 3.41. The fourth-order valence-corrected chi connectivity index (χ4v) is 1.53. The summed E-state index contributed by atoms with van der Waals surface area (Å²) in [5.41, 5.74) is 2.50. The number of carbonyl (C=O) groups is 1. The number of ketones is 1. The number of aromatic nitrogens is 1. The Kier molecular flexibility index (Phi) is 2.37. The molecule has 0 bridgehead atoms. The maximum Gasteiger partial charge on any atom is 0.205 e. The highest BCUT2D eigenvalue weighted by atomic mass is 16.5. The zero-order chi connectivity index (χ0) is 10.8. The molecule has 0 aliphatic rings. The van der Waals surface area contributed by atoms with Crippen LogP contribution in [0.2, 0.25) is 0 Å². The van der Waals surface area contributed by atoms with E-state index in [9.17, 15) is 4.79 Å². The Labute approximate surface area is 87.7 Å². The Morgan fingerprint density at radius 3 is 2.47 bits per heavy atom. The fraction of sp³-hybridized carbons (Fsp3) is 0.167. The third-order valence-corrected chi connectivity index (χ3v) is 2.29. The highest BCUT2D eigenvalue weighted by Crippen LogP contribution is 2.24. The molecule has 0 aliphatic carbocycles. The summed E-state index contributed by atoms with van der Waals surface area (Å²) in [4.78, 5) is 11.2. The highest BCUT2D eigenvalue weighted by Gasteiger charge is 2.16. The summed E-state index contributed by atoms with van der Waals surface area (Å²) in [7, 11) is 0. The summed E-state index contributed by atoms with van der Waals surface area (Å²) in [6, 6.07) is 9.67. The monoisotopic (exact) mass is 201 g/mol. The topological polar surface area (TPSA) is 43.1 Å². The summed E-state index contributed by atoms with van der Waals surface area (Å²) in [5.74, 6) is 0.246. The molecule has 0 saturated heterocycles. The van der Waals surface area contributed by atoms with Gasteiger partial charge in [-0.1, -0.05) is 35.5 Å². The lowest BCUT2D eigenvalue weighted by atomic mass is 10.1. The number of rotatable bonds is 2. The first kappa shape index (κ1) is 9.65. The van der Waals surface area contributed by atoms with E-state index in [0.29, 0.717) is 5.76 Å². The number of hydrogen-bond acceptors (Lipinski definition) is 3. The van der Waals surface area contributed by atoms with E-state index in [-0.39, 0.29) is 5.78 Å². The Balaban J connectivity index is 2.52. The van der Waals surface area contributed by atoms with Crippen LogP contribution in [0.5, 0.6) is 0 Å². The first-order valence-corrected chi connectivity index (χ1v) is 4.73. The first-order chi connectivity index (χ1) is 7.20. The molecule has 76 valence electrons. The standard InChI is InChI=1S/C12H11NO2/c1-8-11(10-6-4-3-5-7-10)13-15-12(8)9(2)14/h3-7H,1-2H3. The molecule has 1 aromatic carbocycles. The van der Waals surface area contributed by atoms with Gasteiger partial charge in [0, 0.05) is 18.1 Å². The second kappa shape index (κ2) is 3.69. The van der Waals surface area contributed by atoms with E-state index in [2.05, 4.69) is 5.16 Å². The van der Waals surface area contributed by atoms with Crippen molar-refractivity contribution in [2.45, 2.75) is 13.8 Å². The van der Waals surface area contributed by atoms with E-state index in [1.807, 2.05) is 37.3 Å². The van der Waals surface area contributed by atoms with Crippen LogP contribution in [0.15, 0.2) is 34.9 Å². The molecule has 1 aromatic heterocycles. The smallest absolute Gasteiger partial charge is 0.205 e. The van der Waals surface area contributed by atoms with Crippen LogP contribution >= 0.6 is 0 Å². The lowest BCUT2D eigenvalue weighted by Gasteiger charge is -1.95. The fourth-order valence-electron chi connectivity index (χ4n) is 1.53. The minimum atomic E-state index is -0.0952. The van der Waals surface area contributed by atoms with E-state index in [4.69, 9.17) is 4.52 Å². The lowest BCUT2D eigenvalue weighted by molar-refractivity contribution is 0.0977. The van der Waals surface area contributed by atoms with Gasteiger partial charge >= 0.3 is 0 Å². The molecule has 1 heterocycles. The minimum Gasteiger partial charge on any atom is -0.352 e. The van der Waals surface area contributed by atoms with Crippen LogP contribution in [-0.2, 0) is 0 Å². The number of Topliss-reactive ketones (excluding diaryl/α,β-unsaturated/α-hetero) is 1. The van der Waals surface area contributed by atoms with Gasteiger partial charge in [-0.25, -0.2) is 0 Å². The Bertz CT molecular complexity index is 486. The molecule has 0 radical (unpaired) electrons. The highest BCUT2D eigenvalue weighted by molar-refractivity contribution is 5.94. The molecule has 3 heteroatoms. The van der Waals surface area contributed by atoms with Crippen LogP contribution in [0, 0.1) is 6.92 Å². The third kappa shape index (κ3) is 1.68. The van der Waals surface area contributed by atoms with E-state index in [1.165, 1.54) is 6.92 Å². The van der Waals surface area contributed by atoms with E-state index in [0.717, 1.165) is 16.8 Å². The largest absolute Gasteiger partial charge is 0.352 e. The number of nitrogens with zero attached hydrogens (tertiary/aromatic N) is 1. The van der Waals surface area contributed by atoms with Crippen LogP contribution in [0.4, 0.5) is 0 Å². The van der Waals surface area contributed by atoms with Crippen molar-refractivity contribution in [3.8, 4) is 11.3 Å². The van der Waals surface area contributed by atoms with Crippen molar-refractivity contribution in [2.75, 3.05) is 0 Å². The van der Waals surface area contributed by atoms with Crippen molar-refractivity contribution in [3.63, 3.8) is 0 Å². The maximum absolute atomic E-state index is 11.2. The summed E-state index contributed by atoms with van der Waals surface area (Å²) in [6.07, 6.45) is 0. The summed E-state index contributed by atoms with van der Waals surface area (Å²) in [5, 5.41) is 3.91. The maximum atomic E-state index is 11.2. The molecule has 0 atom stereocenters. The molecule has 0 amide bonds. The molecular formula is C12H11NO2. The first-order valence-electron chi connectivity index (χ1n) is 4.73. The number of hydrogen-bond donors (Lipinski definition) is 0. The third-order valence-electron chi connectivity index (χ3n) is 2.29. The predicted octanol–water partition coefficient (Wildman–Crippen LogP) is 2.85. The average molecular weight is 201 g/mol. The Hall–Kier alpha value is -1.90. The van der Waals surface area contributed by atoms with Crippen LogP contribution in [0.3, 0.4) is 0 Å². The van der Waals surface area contributed by atoms with Crippen molar-refractivity contribution in [2.24, 2.45) is 0 Å². The van der Waals surface area contributed by atoms with E-state index >= 15 is 0 Å². The Morgan fingerprint density at radius 2 is 1.93 bits per heavy atom. The Morgan fingerprint density at radius 1 is 1.27 bits per heavy atom. The van der Waals surface area contributed by atoms with Crippen molar-refractivity contribution < 1.29 is 9.32 Å². The minimum absolute atomic E-state index is 0.0952. The molecule has 0 aliphatic heterocycles. The average Bonchev–Trinajstić information content (AvgIpc) is 2.61. The molecule has 15 heavy (non-hydrogen) atoms. The second-order valence-electron chi connectivity index (χ2n) is 3.41. The van der Waals surface area contributed by atoms with Gasteiger partial charge in [0.25, 0.3) is 0 Å². The van der Waals surface area contributed by atoms with Crippen LogP contribution in [-0.4, -0.2) is 10.9 Å². The van der Waals surface area contributed by atoms with Crippen molar-refractivity contribution in [1.29, 1.82) is 0 Å². The van der Waals surface area contributed by atoms with Crippen LogP contribution in [0.1, 0.15) is 23.0 Å². The van der Waals surface area contributed by atoms with E-state index in [1.54, 1.807) is 0 Å². The van der Waals surface area contributed by atoms with Gasteiger partial charge in [-0.05, 0) is 6.92 Å². The molecule has 3 nitrogen and oxygen atoms in total. The molecule has 2 rings (SSSR count).